The average Bonchev–Trinajstić information content (AvgIpc) is 2.00. The molecule has 3 rings (SSSR count). The Balaban J connectivity index is 2.17. The van der Waals surface area contributed by atoms with E-state index < -0.39 is 0 Å². The molecule has 0 aromatic heterocycles. The third kappa shape index (κ3) is 1.33. The Kier molecular flexibility index (Phi) is 2.26. The number of rotatable bonds is 2. The Morgan fingerprint density at radius 3 is 2.50 bits per heavy atom. The van der Waals surface area contributed by atoms with E-state index in [2.05, 4.69) is 40.7 Å². The molecule has 0 saturated heterocycles. The molecule has 2 bridgehead atoms. The van der Waals surface area contributed by atoms with Gasteiger partial charge in [-0.3, -0.25) is 0 Å². The minimum absolute atomic E-state index is 0.344. The molecule has 1 heteroatoms. The minimum atomic E-state index is 0.344. The van der Waals surface area contributed by atoms with Gasteiger partial charge in [0.15, 0.2) is 0 Å². The molecule has 0 radical (unpaired) electrons. The predicted molar refractivity (Wildman–Crippen MR) is 59.1 cm³/mol. The van der Waals surface area contributed by atoms with Crippen molar-refractivity contribution in [1.82, 2.24) is 0 Å². The van der Waals surface area contributed by atoms with Crippen molar-refractivity contribution in [3.05, 3.63) is 11.6 Å². The van der Waals surface area contributed by atoms with Gasteiger partial charge in [0.2, 0.25) is 0 Å². The minimum Gasteiger partial charge on any atom is -0.371 e. The Morgan fingerprint density at radius 2 is 2.07 bits per heavy atom. The molecule has 3 aliphatic rings. The molecule has 0 spiro atoms. The first-order valence-electron chi connectivity index (χ1n) is 5.76. The molecule has 0 aromatic carbocycles. The van der Waals surface area contributed by atoms with Gasteiger partial charge in [0.1, 0.15) is 0 Å². The Hall–Kier alpha value is -0.300. The molecule has 1 saturated carbocycles. The average molecular weight is 194 g/mol. The van der Waals surface area contributed by atoms with Crippen molar-refractivity contribution in [1.29, 1.82) is 0 Å². The molecular formula is C13H22O. The molecule has 1 nitrogen and oxygen atoms in total. The zero-order valence-electron chi connectivity index (χ0n) is 10.0. The summed E-state index contributed by atoms with van der Waals surface area (Å²) in [6.07, 6.45) is 4.41. The highest BCUT2D eigenvalue weighted by Crippen LogP contribution is 2.59. The van der Waals surface area contributed by atoms with E-state index in [1.54, 1.807) is 5.57 Å². The summed E-state index contributed by atoms with van der Waals surface area (Å²) in [5.74, 6) is 1.57. The number of ether oxygens (including phenoxy) is 1. The highest BCUT2D eigenvalue weighted by Gasteiger charge is 2.54. The Bertz CT molecular complexity index is 262. The van der Waals surface area contributed by atoms with Gasteiger partial charge in [0.05, 0.1) is 12.2 Å². The summed E-state index contributed by atoms with van der Waals surface area (Å²) < 4.78 is 5.97. The Morgan fingerprint density at radius 1 is 1.43 bits per heavy atom. The van der Waals surface area contributed by atoms with E-state index in [1.165, 1.54) is 6.42 Å². The number of hydrogen-bond acceptors (Lipinski definition) is 1. The van der Waals surface area contributed by atoms with Crippen LogP contribution in [0.3, 0.4) is 0 Å². The molecule has 0 amide bonds. The van der Waals surface area contributed by atoms with E-state index in [4.69, 9.17) is 4.74 Å². The molecule has 0 heterocycles. The van der Waals surface area contributed by atoms with Crippen LogP contribution < -0.4 is 0 Å². The van der Waals surface area contributed by atoms with Crippen molar-refractivity contribution in [3.63, 3.8) is 0 Å². The second-order valence-corrected chi connectivity index (χ2v) is 5.78. The molecule has 0 unspecified atom stereocenters. The normalized spacial score (nSPS) is 39.3. The summed E-state index contributed by atoms with van der Waals surface area (Å²) in [7, 11) is 0. The maximum Gasteiger partial charge on any atom is 0.0795 e. The van der Waals surface area contributed by atoms with Gasteiger partial charge in [-0.25, -0.2) is 0 Å². The lowest BCUT2D eigenvalue weighted by atomic mass is 9.48. The summed E-state index contributed by atoms with van der Waals surface area (Å²) in [6, 6.07) is 0. The fraction of sp³-hybridized carbons (Fsp3) is 0.846. The van der Waals surface area contributed by atoms with Gasteiger partial charge in [0.25, 0.3) is 0 Å². The van der Waals surface area contributed by atoms with Crippen molar-refractivity contribution in [2.45, 2.75) is 53.2 Å². The monoisotopic (exact) mass is 194 g/mol. The van der Waals surface area contributed by atoms with Crippen LogP contribution in [0.2, 0.25) is 0 Å². The van der Waals surface area contributed by atoms with Crippen molar-refractivity contribution in [3.8, 4) is 0 Å². The number of fused-ring (bicyclic) bond motifs is 1. The largest absolute Gasteiger partial charge is 0.371 e. The standard InChI is InChI=1S/C13H22O/c1-8(2)14-12-6-9(3)10-7-11(12)13(10,4)5/h6,8,10-12H,7H2,1-5H3/t10-,11+,12+/m1/s1. The second kappa shape index (κ2) is 3.10. The van der Waals surface area contributed by atoms with Gasteiger partial charge in [0, 0.05) is 0 Å². The van der Waals surface area contributed by atoms with E-state index in [-0.39, 0.29) is 0 Å². The van der Waals surface area contributed by atoms with Crippen molar-refractivity contribution >= 4 is 0 Å². The molecule has 14 heavy (non-hydrogen) atoms. The van der Waals surface area contributed by atoms with Crippen LogP contribution in [-0.4, -0.2) is 12.2 Å². The molecule has 0 N–H and O–H groups in total. The molecule has 0 aliphatic heterocycles. The third-order valence-corrected chi connectivity index (χ3v) is 4.15. The van der Waals surface area contributed by atoms with Crippen molar-refractivity contribution < 1.29 is 4.74 Å². The van der Waals surface area contributed by atoms with Crippen molar-refractivity contribution in [2.75, 3.05) is 0 Å². The fourth-order valence-electron chi connectivity index (χ4n) is 3.23. The van der Waals surface area contributed by atoms with E-state index in [0.717, 1.165) is 11.8 Å². The predicted octanol–water partition coefficient (Wildman–Crippen LogP) is 3.40. The maximum atomic E-state index is 5.97. The fourth-order valence-corrected chi connectivity index (χ4v) is 3.23. The summed E-state index contributed by atoms with van der Waals surface area (Å²) in [5.41, 5.74) is 2.02. The zero-order valence-corrected chi connectivity index (χ0v) is 10.0. The van der Waals surface area contributed by atoms with Crippen LogP contribution in [0, 0.1) is 17.3 Å². The first-order valence-corrected chi connectivity index (χ1v) is 5.76. The highest BCUT2D eigenvalue weighted by atomic mass is 16.5. The first-order chi connectivity index (χ1) is 6.43. The van der Waals surface area contributed by atoms with E-state index in [0.29, 0.717) is 17.6 Å². The lowest BCUT2D eigenvalue weighted by molar-refractivity contribution is -0.117. The Labute approximate surface area is 87.5 Å². The topological polar surface area (TPSA) is 9.23 Å². The van der Waals surface area contributed by atoms with Crippen LogP contribution in [0.25, 0.3) is 0 Å². The lowest BCUT2D eigenvalue weighted by Crippen LogP contribution is -2.54. The number of allylic oxidation sites excluding steroid dienone is 1. The maximum absolute atomic E-state index is 5.97. The van der Waals surface area contributed by atoms with Gasteiger partial charge in [-0.15, -0.1) is 0 Å². The van der Waals surface area contributed by atoms with Gasteiger partial charge in [-0.2, -0.15) is 0 Å². The smallest absolute Gasteiger partial charge is 0.0795 e. The van der Waals surface area contributed by atoms with Crippen LogP contribution in [-0.2, 0) is 4.74 Å². The summed E-state index contributed by atoms with van der Waals surface area (Å²) in [4.78, 5) is 0. The van der Waals surface area contributed by atoms with E-state index >= 15 is 0 Å². The van der Waals surface area contributed by atoms with E-state index in [9.17, 15) is 0 Å². The lowest BCUT2D eigenvalue weighted by Gasteiger charge is -2.58. The molecule has 80 valence electrons. The SMILES string of the molecule is CC1=C[C@H](OC(C)C)[C@@H]2C[C@H]1C2(C)C. The van der Waals surface area contributed by atoms with Crippen LogP contribution in [0.1, 0.15) is 41.0 Å². The third-order valence-electron chi connectivity index (χ3n) is 4.15. The van der Waals surface area contributed by atoms with Crippen LogP contribution in [0.5, 0.6) is 0 Å². The van der Waals surface area contributed by atoms with Gasteiger partial charge < -0.3 is 4.74 Å². The summed E-state index contributed by atoms with van der Waals surface area (Å²) >= 11 is 0. The molecule has 0 aromatic rings. The van der Waals surface area contributed by atoms with Crippen LogP contribution in [0.15, 0.2) is 11.6 Å². The van der Waals surface area contributed by atoms with Gasteiger partial charge >= 0.3 is 0 Å². The van der Waals surface area contributed by atoms with Gasteiger partial charge in [-0.1, -0.05) is 25.5 Å². The zero-order chi connectivity index (χ0) is 10.5. The van der Waals surface area contributed by atoms with Gasteiger partial charge in [-0.05, 0) is 44.4 Å². The van der Waals surface area contributed by atoms with Crippen LogP contribution >= 0.6 is 0 Å². The summed E-state index contributed by atoms with van der Waals surface area (Å²) in [6.45, 7) is 11.3. The molecular weight excluding hydrogens is 172 g/mol. The quantitative estimate of drug-likeness (QED) is 0.612. The second-order valence-electron chi connectivity index (χ2n) is 5.78. The summed E-state index contributed by atoms with van der Waals surface area (Å²) in [5, 5.41) is 0. The highest BCUT2D eigenvalue weighted by molar-refractivity contribution is 5.25. The van der Waals surface area contributed by atoms with E-state index in [1.807, 2.05) is 0 Å². The molecule has 1 fully saturated rings. The number of hydrogen-bond donors (Lipinski definition) is 0. The van der Waals surface area contributed by atoms with Crippen LogP contribution in [0.4, 0.5) is 0 Å². The van der Waals surface area contributed by atoms with Crippen molar-refractivity contribution in [2.24, 2.45) is 17.3 Å². The molecule has 3 aliphatic carbocycles. The first kappa shape index (κ1) is 10.2. The molecule has 3 atom stereocenters.